The van der Waals surface area contributed by atoms with Gasteiger partial charge in [-0.15, -0.1) is 0 Å². The molecule has 0 fully saturated rings. The van der Waals surface area contributed by atoms with Crippen molar-refractivity contribution in [3.63, 3.8) is 0 Å². The second kappa shape index (κ2) is 12.3. The van der Waals surface area contributed by atoms with E-state index in [0.717, 1.165) is 50.1 Å². The van der Waals surface area contributed by atoms with E-state index in [2.05, 4.69) is 195 Å². The van der Waals surface area contributed by atoms with Gasteiger partial charge in [0.25, 0.3) is 0 Å². The van der Waals surface area contributed by atoms with Crippen LogP contribution in [0.25, 0.3) is 66.4 Å². The highest BCUT2D eigenvalue weighted by molar-refractivity contribution is 6.09. The Morgan fingerprint density at radius 3 is 1.58 bits per heavy atom. The molecule has 1 heterocycles. The summed E-state index contributed by atoms with van der Waals surface area (Å²) in [6, 6.07) is 67.7. The molecule has 0 spiro atoms. The number of anilines is 3. The van der Waals surface area contributed by atoms with Crippen LogP contribution in [0.4, 0.5) is 17.1 Å². The predicted octanol–water partition coefficient (Wildman–Crippen LogP) is 14.4. The minimum absolute atomic E-state index is 0.0350. The lowest BCUT2D eigenvalue weighted by atomic mass is 9.82. The monoisotopic (exact) mass is 679 g/mol. The zero-order valence-electron chi connectivity index (χ0n) is 29.8. The van der Waals surface area contributed by atoms with Crippen molar-refractivity contribution in [2.24, 2.45) is 0 Å². The Hall–Kier alpha value is -6.64. The number of hydrogen-bond acceptors (Lipinski definition) is 2. The van der Waals surface area contributed by atoms with Gasteiger partial charge in [-0.25, -0.2) is 0 Å². The van der Waals surface area contributed by atoms with Gasteiger partial charge in [-0.05, 0) is 92.5 Å². The lowest BCUT2D eigenvalue weighted by molar-refractivity contribution is 0.660. The number of benzene rings is 8. The van der Waals surface area contributed by atoms with Crippen molar-refractivity contribution in [2.75, 3.05) is 4.90 Å². The molecular weight excluding hydrogens is 643 g/mol. The Bertz CT molecular complexity index is 2770. The van der Waals surface area contributed by atoms with E-state index in [0.29, 0.717) is 0 Å². The molecule has 9 aromatic rings. The summed E-state index contributed by atoms with van der Waals surface area (Å²) in [5.74, 6) is 0. The van der Waals surface area contributed by atoms with Crippen molar-refractivity contribution in [3.05, 3.63) is 199 Å². The Balaban J connectivity index is 1.06. The van der Waals surface area contributed by atoms with Gasteiger partial charge in [-0.3, -0.25) is 0 Å². The molecule has 1 aliphatic rings. The molecule has 53 heavy (non-hydrogen) atoms. The van der Waals surface area contributed by atoms with Crippen LogP contribution in [0.1, 0.15) is 25.0 Å². The first-order chi connectivity index (χ1) is 26.0. The van der Waals surface area contributed by atoms with Crippen LogP contribution in [-0.4, -0.2) is 0 Å². The van der Waals surface area contributed by atoms with Crippen LogP contribution in [0, 0.1) is 0 Å². The van der Waals surface area contributed by atoms with Gasteiger partial charge in [0.15, 0.2) is 0 Å². The van der Waals surface area contributed by atoms with Gasteiger partial charge < -0.3 is 9.32 Å². The lowest BCUT2D eigenvalue weighted by Gasteiger charge is -2.26. The minimum atomic E-state index is -0.0350. The second-order valence-electron chi connectivity index (χ2n) is 14.5. The number of hydrogen-bond donors (Lipinski definition) is 0. The molecular formula is C51H37NO. The molecule has 0 N–H and O–H groups in total. The highest BCUT2D eigenvalue weighted by Crippen LogP contribution is 2.52. The number of nitrogens with zero attached hydrogens (tertiary/aromatic N) is 1. The smallest absolute Gasteiger partial charge is 0.143 e. The molecule has 2 heteroatoms. The highest BCUT2D eigenvalue weighted by Gasteiger charge is 2.36. The molecule has 0 unspecified atom stereocenters. The molecule has 2 nitrogen and oxygen atoms in total. The van der Waals surface area contributed by atoms with E-state index in [9.17, 15) is 0 Å². The van der Waals surface area contributed by atoms with Crippen LogP contribution in [0.5, 0.6) is 0 Å². The summed E-state index contributed by atoms with van der Waals surface area (Å²) in [6.45, 7) is 4.68. The van der Waals surface area contributed by atoms with Crippen LogP contribution >= 0.6 is 0 Å². The van der Waals surface area contributed by atoms with Crippen molar-refractivity contribution in [2.45, 2.75) is 19.3 Å². The molecule has 0 atom stereocenters. The Kier molecular flexibility index (Phi) is 7.19. The molecule has 0 saturated heterocycles. The van der Waals surface area contributed by atoms with E-state index < -0.39 is 0 Å². The van der Waals surface area contributed by atoms with Gasteiger partial charge in [0.1, 0.15) is 11.2 Å². The zero-order valence-corrected chi connectivity index (χ0v) is 29.8. The zero-order chi connectivity index (χ0) is 35.5. The van der Waals surface area contributed by atoms with E-state index in [1.54, 1.807) is 0 Å². The topological polar surface area (TPSA) is 16.4 Å². The van der Waals surface area contributed by atoms with Gasteiger partial charge in [-0.1, -0.05) is 159 Å². The van der Waals surface area contributed by atoms with Crippen molar-refractivity contribution < 1.29 is 4.42 Å². The maximum atomic E-state index is 6.40. The Morgan fingerprint density at radius 1 is 0.377 bits per heavy atom. The minimum Gasteiger partial charge on any atom is -0.455 e. The highest BCUT2D eigenvalue weighted by atomic mass is 16.3. The predicted molar refractivity (Wildman–Crippen MR) is 222 cm³/mol. The normalized spacial score (nSPS) is 12.9. The number of fused-ring (bicyclic) bond motifs is 6. The van der Waals surface area contributed by atoms with Gasteiger partial charge >= 0.3 is 0 Å². The van der Waals surface area contributed by atoms with Crippen LogP contribution in [0.15, 0.2) is 192 Å². The van der Waals surface area contributed by atoms with E-state index in [4.69, 9.17) is 4.42 Å². The largest absolute Gasteiger partial charge is 0.455 e. The number of furan rings is 1. The summed E-state index contributed by atoms with van der Waals surface area (Å²) >= 11 is 0. The van der Waals surface area contributed by atoms with Crippen molar-refractivity contribution in [1.82, 2.24) is 0 Å². The Morgan fingerprint density at radius 2 is 0.868 bits per heavy atom. The van der Waals surface area contributed by atoms with E-state index >= 15 is 0 Å². The second-order valence-corrected chi connectivity index (χ2v) is 14.5. The van der Waals surface area contributed by atoms with Crippen LogP contribution in [-0.2, 0) is 5.41 Å². The molecule has 0 aliphatic heterocycles. The Labute approximate surface area is 310 Å². The first kappa shape index (κ1) is 31.1. The number of para-hydroxylation sites is 2. The van der Waals surface area contributed by atoms with Crippen LogP contribution in [0.3, 0.4) is 0 Å². The molecule has 252 valence electrons. The van der Waals surface area contributed by atoms with Crippen LogP contribution in [0.2, 0.25) is 0 Å². The summed E-state index contributed by atoms with van der Waals surface area (Å²) in [5, 5.41) is 2.28. The fourth-order valence-electron chi connectivity index (χ4n) is 8.43. The third-order valence-corrected chi connectivity index (χ3v) is 11.1. The summed E-state index contributed by atoms with van der Waals surface area (Å²) in [4.78, 5) is 2.35. The van der Waals surface area contributed by atoms with Crippen molar-refractivity contribution in [1.29, 1.82) is 0 Å². The van der Waals surface area contributed by atoms with E-state index in [1.165, 1.54) is 44.5 Å². The average molecular weight is 680 g/mol. The van der Waals surface area contributed by atoms with Gasteiger partial charge in [0.05, 0.1) is 0 Å². The fourth-order valence-corrected chi connectivity index (χ4v) is 8.43. The van der Waals surface area contributed by atoms with E-state index in [-0.39, 0.29) is 5.41 Å². The summed E-state index contributed by atoms with van der Waals surface area (Å²) < 4.78 is 6.40. The molecule has 8 aromatic carbocycles. The van der Waals surface area contributed by atoms with Crippen molar-refractivity contribution >= 4 is 39.0 Å². The quantitative estimate of drug-likeness (QED) is 0.174. The molecule has 0 bridgehead atoms. The summed E-state index contributed by atoms with van der Waals surface area (Å²) in [6.07, 6.45) is 0. The van der Waals surface area contributed by atoms with E-state index in [1.807, 2.05) is 12.1 Å². The summed E-state index contributed by atoms with van der Waals surface area (Å²) in [7, 11) is 0. The van der Waals surface area contributed by atoms with Gasteiger partial charge in [0, 0.05) is 38.8 Å². The molecule has 0 amide bonds. The standard InChI is InChI=1S/C51H37NO/c1-51(2)46-19-8-6-15-45(46)49-41(16-11-20-47(49)51)36-24-30-39(31-25-36)52(38-28-22-35(23-29-38)34-12-4-3-5-13-34)40-32-26-37(27-33-40)42-17-10-18-44-43-14-7-9-21-48(43)53-50(42)44/h3-33H,1-2H3. The molecule has 0 radical (unpaired) electrons. The van der Waals surface area contributed by atoms with Gasteiger partial charge in [0.2, 0.25) is 0 Å². The molecule has 0 saturated carbocycles. The third kappa shape index (κ3) is 5.10. The van der Waals surface area contributed by atoms with Crippen molar-refractivity contribution in [3.8, 4) is 44.5 Å². The number of rotatable bonds is 6. The maximum absolute atomic E-state index is 6.40. The average Bonchev–Trinajstić information content (AvgIpc) is 3.71. The molecule has 1 aromatic heterocycles. The maximum Gasteiger partial charge on any atom is 0.143 e. The van der Waals surface area contributed by atoms with Gasteiger partial charge in [-0.2, -0.15) is 0 Å². The molecule has 10 rings (SSSR count). The first-order valence-corrected chi connectivity index (χ1v) is 18.3. The fraction of sp³-hybridized carbons (Fsp3) is 0.0588. The summed E-state index contributed by atoms with van der Waals surface area (Å²) in [5.41, 5.74) is 17.6. The lowest BCUT2D eigenvalue weighted by Crippen LogP contribution is -2.14. The van der Waals surface area contributed by atoms with Crippen LogP contribution < -0.4 is 4.90 Å². The molecule has 1 aliphatic carbocycles. The SMILES string of the molecule is CC1(C)c2ccccc2-c2c(-c3ccc(N(c4ccc(-c5ccccc5)cc4)c4ccc(-c5cccc6c5oc5ccccc56)cc4)cc3)cccc21. The third-order valence-electron chi connectivity index (χ3n) is 11.1. The first-order valence-electron chi connectivity index (χ1n) is 18.3.